The molecule has 1 spiro atoms. The lowest BCUT2D eigenvalue weighted by molar-refractivity contribution is -0.118. The topological polar surface area (TPSA) is 61.4 Å². The van der Waals surface area contributed by atoms with Gasteiger partial charge in [-0.15, -0.1) is 12.4 Å². The van der Waals surface area contributed by atoms with E-state index in [1.165, 1.54) is 6.92 Å². The normalized spacial score (nSPS) is 21.2. The van der Waals surface area contributed by atoms with Crippen molar-refractivity contribution in [3.63, 3.8) is 0 Å². The number of rotatable bonds is 3. The molecule has 1 atom stereocenters. The summed E-state index contributed by atoms with van der Waals surface area (Å²) in [5.41, 5.74) is 1.67. The van der Waals surface area contributed by atoms with E-state index in [0.29, 0.717) is 5.69 Å². The number of hydrogen-bond donors (Lipinski definition) is 2. The van der Waals surface area contributed by atoms with E-state index in [2.05, 4.69) is 10.6 Å². The van der Waals surface area contributed by atoms with Crippen molar-refractivity contribution in [3.05, 3.63) is 24.3 Å². The predicted octanol–water partition coefficient (Wildman–Crippen LogP) is 2.42. The summed E-state index contributed by atoms with van der Waals surface area (Å²) in [5.74, 6) is 0.152. The molecule has 23 heavy (non-hydrogen) atoms. The van der Waals surface area contributed by atoms with Gasteiger partial charge >= 0.3 is 0 Å². The Morgan fingerprint density at radius 1 is 1.26 bits per heavy atom. The quantitative estimate of drug-likeness (QED) is 0.890. The number of anilines is 2. The maximum absolute atomic E-state index is 12.6. The van der Waals surface area contributed by atoms with Crippen LogP contribution in [0.3, 0.4) is 0 Å². The van der Waals surface area contributed by atoms with Crippen LogP contribution in [0.5, 0.6) is 0 Å². The van der Waals surface area contributed by atoms with Gasteiger partial charge in [0.05, 0.1) is 11.4 Å². The lowest BCUT2D eigenvalue weighted by Gasteiger charge is -2.23. The van der Waals surface area contributed by atoms with Gasteiger partial charge in [-0.1, -0.05) is 12.1 Å². The summed E-state index contributed by atoms with van der Waals surface area (Å²) in [6, 6.07) is 7.45. The van der Waals surface area contributed by atoms with Gasteiger partial charge in [0, 0.05) is 19.9 Å². The van der Waals surface area contributed by atoms with Gasteiger partial charge in [0.2, 0.25) is 11.8 Å². The van der Waals surface area contributed by atoms with Crippen LogP contribution in [0.2, 0.25) is 0 Å². The number of piperidine rings is 1. The molecular weight excluding hydrogens is 314 g/mol. The summed E-state index contributed by atoms with van der Waals surface area (Å²) in [6.45, 7) is 3.53. The van der Waals surface area contributed by atoms with Crippen LogP contribution in [0.4, 0.5) is 11.4 Å². The van der Waals surface area contributed by atoms with Crippen molar-refractivity contribution in [2.75, 3.05) is 30.4 Å². The maximum atomic E-state index is 12.6. The minimum Gasteiger partial charge on any atom is -0.324 e. The fourth-order valence-electron chi connectivity index (χ4n) is 3.46. The second kappa shape index (κ2) is 6.89. The third-order valence-electron chi connectivity index (χ3n) is 5.10. The Morgan fingerprint density at radius 2 is 1.91 bits per heavy atom. The lowest BCUT2D eigenvalue weighted by atomic mass is 9.92. The highest BCUT2D eigenvalue weighted by atomic mass is 35.5. The van der Waals surface area contributed by atoms with Crippen LogP contribution < -0.4 is 15.5 Å². The van der Waals surface area contributed by atoms with Crippen LogP contribution in [0.1, 0.15) is 26.2 Å². The molecule has 1 unspecified atom stereocenters. The van der Waals surface area contributed by atoms with Crippen molar-refractivity contribution < 1.29 is 9.59 Å². The van der Waals surface area contributed by atoms with Crippen molar-refractivity contribution >= 4 is 35.6 Å². The van der Waals surface area contributed by atoms with Crippen LogP contribution in [-0.2, 0) is 9.59 Å². The van der Waals surface area contributed by atoms with Crippen molar-refractivity contribution in [2.45, 2.75) is 26.2 Å². The molecule has 1 aromatic rings. The number of nitrogens with zero attached hydrogens (tertiary/aromatic N) is 1. The van der Waals surface area contributed by atoms with Gasteiger partial charge < -0.3 is 15.5 Å². The Kier molecular flexibility index (Phi) is 5.32. The Morgan fingerprint density at radius 3 is 2.57 bits per heavy atom. The second-order valence-corrected chi connectivity index (χ2v) is 6.45. The fourth-order valence-corrected chi connectivity index (χ4v) is 3.46. The molecule has 1 saturated heterocycles. The van der Waals surface area contributed by atoms with Crippen molar-refractivity contribution in [3.8, 4) is 0 Å². The first-order valence-corrected chi connectivity index (χ1v) is 7.88. The van der Waals surface area contributed by atoms with Crippen LogP contribution >= 0.6 is 12.4 Å². The summed E-state index contributed by atoms with van der Waals surface area (Å²) in [7, 11) is 1.72. The maximum Gasteiger partial charge on any atom is 0.228 e. The molecular formula is C17H24ClN3O2. The summed E-state index contributed by atoms with van der Waals surface area (Å²) in [4.78, 5) is 25.7. The van der Waals surface area contributed by atoms with E-state index in [9.17, 15) is 9.59 Å². The highest BCUT2D eigenvalue weighted by Crippen LogP contribution is 2.58. The molecule has 2 fully saturated rings. The number of halogens is 1. The summed E-state index contributed by atoms with van der Waals surface area (Å²) < 4.78 is 0. The summed E-state index contributed by atoms with van der Waals surface area (Å²) in [6.07, 6.45) is 3.16. The highest BCUT2D eigenvalue weighted by Gasteiger charge is 2.57. The first kappa shape index (κ1) is 17.8. The number of hydrogen-bond acceptors (Lipinski definition) is 3. The number of amides is 2. The number of benzene rings is 1. The van der Waals surface area contributed by atoms with Gasteiger partial charge in [0.25, 0.3) is 0 Å². The number of carbonyl (C=O) groups excluding carboxylic acids is 2. The molecule has 1 aliphatic heterocycles. The Bertz CT molecular complexity index is 599. The average Bonchev–Trinajstić information content (AvgIpc) is 3.21. The summed E-state index contributed by atoms with van der Waals surface area (Å²) >= 11 is 0. The minimum atomic E-state index is -0.0528. The summed E-state index contributed by atoms with van der Waals surface area (Å²) in [5, 5.41) is 6.38. The number of nitrogens with one attached hydrogen (secondary N) is 2. The van der Waals surface area contributed by atoms with Crippen molar-refractivity contribution in [2.24, 2.45) is 11.3 Å². The molecule has 2 N–H and O–H groups in total. The molecule has 0 bridgehead atoms. The number of carbonyl (C=O) groups is 2. The van der Waals surface area contributed by atoms with Crippen LogP contribution in [0.25, 0.3) is 0 Å². The third kappa shape index (κ3) is 3.51. The molecule has 5 nitrogen and oxygen atoms in total. The third-order valence-corrected chi connectivity index (χ3v) is 5.10. The standard InChI is InChI=1S/C17H23N3O2.ClH/c1-12(21)20(2)15-6-4-3-5-14(15)19-16(22)13-11-17(13)7-9-18-10-8-17;/h3-6,13,18H,7-11H2,1-2H3,(H,19,22);1H. The largest absolute Gasteiger partial charge is 0.324 e. The smallest absolute Gasteiger partial charge is 0.228 e. The van der Waals surface area contributed by atoms with Crippen molar-refractivity contribution in [1.29, 1.82) is 0 Å². The van der Waals surface area contributed by atoms with Gasteiger partial charge in [0.1, 0.15) is 0 Å². The number of para-hydroxylation sites is 2. The monoisotopic (exact) mass is 337 g/mol. The molecule has 126 valence electrons. The Balaban J connectivity index is 0.00000192. The molecule has 1 heterocycles. The first-order valence-electron chi connectivity index (χ1n) is 7.88. The van der Waals surface area contributed by atoms with Crippen molar-refractivity contribution in [1.82, 2.24) is 5.32 Å². The average molecular weight is 338 g/mol. The SMILES string of the molecule is CC(=O)N(C)c1ccccc1NC(=O)C1CC12CCNCC2.Cl. The van der Waals surface area contributed by atoms with E-state index in [1.807, 2.05) is 24.3 Å². The van der Waals surface area contributed by atoms with Crippen LogP contribution in [-0.4, -0.2) is 32.0 Å². The van der Waals surface area contributed by atoms with Gasteiger partial charge in [-0.2, -0.15) is 0 Å². The molecule has 1 saturated carbocycles. The van der Waals surface area contributed by atoms with Crippen LogP contribution in [0.15, 0.2) is 24.3 Å². The molecule has 2 amide bonds. The van der Waals surface area contributed by atoms with Gasteiger partial charge in [-0.3, -0.25) is 9.59 Å². The minimum absolute atomic E-state index is 0. The lowest BCUT2D eigenvalue weighted by Crippen LogP contribution is -2.32. The Hall–Kier alpha value is -1.59. The van der Waals surface area contributed by atoms with E-state index < -0.39 is 0 Å². The van der Waals surface area contributed by atoms with Gasteiger partial charge in [-0.25, -0.2) is 0 Å². The molecule has 1 aliphatic carbocycles. The zero-order valence-electron chi connectivity index (χ0n) is 13.6. The molecule has 0 aromatic heterocycles. The van der Waals surface area contributed by atoms with E-state index >= 15 is 0 Å². The Labute approximate surface area is 143 Å². The fraction of sp³-hybridized carbons (Fsp3) is 0.529. The molecule has 1 aromatic carbocycles. The molecule has 2 aliphatic rings. The second-order valence-electron chi connectivity index (χ2n) is 6.45. The van der Waals surface area contributed by atoms with Gasteiger partial charge in [0.15, 0.2) is 0 Å². The first-order chi connectivity index (χ1) is 10.5. The molecule has 0 radical (unpaired) electrons. The molecule has 6 heteroatoms. The van der Waals surface area contributed by atoms with E-state index in [4.69, 9.17) is 0 Å². The predicted molar refractivity (Wildman–Crippen MR) is 94.0 cm³/mol. The molecule has 3 rings (SSSR count). The van der Waals surface area contributed by atoms with E-state index in [1.54, 1.807) is 11.9 Å². The van der Waals surface area contributed by atoms with E-state index in [-0.39, 0.29) is 35.6 Å². The van der Waals surface area contributed by atoms with Crippen LogP contribution in [0, 0.1) is 11.3 Å². The zero-order chi connectivity index (χ0) is 15.7. The zero-order valence-corrected chi connectivity index (χ0v) is 14.4. The van der Waals surface area contributed by atoms with E-state index in [0.717, 1.165) is 38.0 Å². The van der Waals surface area contributed by atoms with Gasteiger partial charge in [-0.05, 0) is 49.9 Å². The highest BCUT2D eigenvalue weighted by molar-refractivity contribution is 6.01.